The zero-order valence-corrected chi connectivity index (χ0v) is 21.2. The van der Waals surface area contributed by atoms with Crippen LogP contribution in [-0.2, 0) is 28.9 Å². The molecule has 10 heteroatoms. The minimum absolute atomic E-state index is 0.0870. The van der Waals surface area contributed by atoms with Gasteiger partial charge in [-0.15, -0.1) is 0 Å². The van der Waals surface area contributed by atoms with Crippen LogP contribution >= 0.6 is 0 Å². The molecule has 2 aromatic carbocycles. The maximum absolute atomic E-state index is 13.4. The van der Waals surface area contributed by atoms with Crippen molar-refractivity contribution in [2.75, 3.05) is 6.54 Å². The van der Waals surface area contributed by atoms with Crippen molar-refractivity contribution in [1.29, 1.82) is 0 Å². The second kappa shape index (κ2) is 10.6. The summed E-state index contributed by atoms with van der Waals surface area (Å²) >= 11 is 0. The SMILES string of the molecule is Cn1c(=O)c2cc(S(=O)(=O)NC(C(=O)NCCC3=CCCCC3)c3ccccc3)ccc2n(C)c1=O. The second-order valence-electron chi connectivity index (χ2n) is 9.00. The molecule has 0 saturated heterocycles. The third kappa shape index (κ3) is 5.34. The average molecular weight is 511 g/mol. The van der Waals surface area contributed by atoms with Crippen LogP contribution in [0.4, 0.5) is 0 Å². The molecule has 0 radical (unpaired) electrons. The number of amides is 1. The van der Waals surface area contributed by atoms with Crippen LogP contribution in [0.2, 0.25) is 0 Å². The molecule has 0 fully saturated rings. The van der Waals surface area contributed by atoms with Crippen LogP contribution < -0.4 is 21.3 Å². The van der Waals surface area contributed by atoms with E-state index in [0.29, 0.717) is 17.6 Å². The van der Waals surface area contributed by atoms with E-state index < -0.39 is 33.2 Å². The third-order valence-electron chi connectivity index (χ3n) is 6.55. The van der Waals surface area contributed by atoms with E-state index in [1.54, 1.807) is 30.3 Å². The Morgan fingerprint density at radius 3 is 2.47 bits per heavy atom. The first-order valence-corrected chi connectivity index (χ1v) is 13.4. The Morgan fingerprint density at radius 2 is 1.78 bits per heavy atom. The lowest BCUT2D eigenvalue weighted by molar-refractivity contribution is -0.122. The number of sulfonamides is 1. The molecule has 0 bridgehead atoms. The number of hydrogen-bond acceptors (Lipinski definition) is 5. The minimum atomic E-state index is -4.20. The molecule has 1 aliphatic rings. The summed E-state index contributed by atoms with van der Waals surface area (Å²) in [6.07, 6.45) is 7.36. The van der Waals surface area contributed by atoms with Gasteiger partial charge in [-0.25, -0.2) is 13.2 Å². The van der Waals surface area contributed by atoms with E-state index >= 15 is 0 Å². The molecule has 1 unspecified atom stereocenters. The summed E-state index contributed by atoms with van der Waals surface area (Å²) in [6.45, 7) is 0.412. The second-order valence-corrected chi connectivity index (χ2v) is 10.7. The summed E-state index contributed by atoms with van der Waals surface area (Å²) in [5.41, 5.74) is 1.02. The molecule has 36 heavy (non-hydrogen) atoms. The number of allylic oxidation sites excluding steroid dienone is 1. The smallest absolute Gasteiger partial charge is 0.330 e. The predicted molar refractivity (Wildman–Crippen MR) is 138 cm³/mol. The molecule has 0 saturated carbocycles. The van der Waals surface area contributed by atoms with Crippen LogP contribution in [0, 0.1) is 0 Å². The van der Waals surface area contributed by atoms with Crippen molar-refractivity contribution in [3.05, 3.63) is 86.6 Å². The number of aromatic nitrogens is 2. The predicted octanol–water partition coefficient (Wildman–Crippen LogP) is 2.26. The zero-order chi connectivity index (χ0) is 25.9. The van der Waals surface area contributed by atoms with Crippen LogP contribution in [0.5, 0.6) is 0 Å². The van der Waals surface area contributed by atoms with Gasteiger partial charge in [0.25, 0.3) is 5.56 Å². The molecule has 1 aromatic heterocycles. The van der Waals surface area contributed by atoms with Gasteiger partial charge in [0.05, 0.1) is 15.8 Å². The Morgan fingerprint density at radius 1 is 1.03 bits per heavy atom. The first kappa shape index (κ1) is 25.6. The fourth-order valence-electron chi connectivity index (χ4n) is 4.46. The molecule has 0 aliphatic heterocycles. The summed E-state index contributed by atoms with van der Waals surface area (Å²) in [5, 5.41) is 2.95. The number of rotatable bonds is 8. The van der Waals surface area contributed by atoms with E-state index in [1.807, 2.05) is 0 Å². The van der Waals surface area contributed by atoms with Gasteiger partial charge in [-0.1, -0.05) is 42.0 Å². The Labute approximate surface area is 209 Å². The van der Waals surface area contributed by atoms with E-state index in [2.05, 4.69) is 16.1 Å². The van der Waals surface area contributed by atoms with Crippen molar-refractivity contribution in [3.8, 4) is 0 Å². The van der Waals surface area contributed by atoms with Gasteiger partial charge in [0.15, 0.2) is 0 Å². The van der Waals surface area contributed by atoms with E-state index in [0.717, 1.165) is 30.3 Å². The summed E-state index contributed by atoms with van der Waals surface area (Å²) in [6, 6.07) is 11.4. The fourth-order valence-corrected chi connectivity index (χ4v) is 5.67. The molecule has 190 valence electrons. The first-order valence-electron chi connectivity index (χ1n) is 11.9. The Hall–Kier alpha value is -3.50. The highest BCUT2D eigenvalue weighted by Gasteiger charge is 2.28. The Balaban J connectivity index is 1.62. The number of carbonyl (C=O) groups is 1. The summed E-state index contributed by atoms with van der Waals surface area (Å²) in [5.74, 6) is -0.458. The number of fused-ring (bicyclic) bond motifs is 1. The van der Waals surface area contributed by atoms with Crippen LogP contribution in [0.1, 0.15) is 43.7 Å². The lowest BCUT2D eigenvalue weighted by Gasteiger charge is -2.20. The maximum atomic E-state index is 13.4. The van der Waals surface area contributed by atoms with Gasteiger partial charge in [0, 0.05) is 20.6 Å². The molecule has 1 aliphatic carbocycles. The molecular weight excluding hydrogens is 480 g/mol. The van der Waals surface area contributed by atoms with Crippen molar-refractivity contribution < 1.29 is 13.2 Å². The van der Waals surface area contributed by atoms with Gasteiger partial charge in [0.1, 0.15) is 6.04 Å². The molecule has 0 spiro atoms. The van der Waals surface area contributed by atoms with Crippen LogP contribution in [0.15, 0.2) is 74.7 Å². The summed E-state index contributed by atoms with van der Waals surface area (Å²) in [4.78, 5) is 37.8. The maximum Gasteiger partial charge on any atom is 0.330 e. The number of nitrogens with one attached hydrogen (secondary N) is 2. The Bertz CT molecular complexity index is 1540. The van der Waals surface area contributed by atoms with Crippen LogP contribution in [0.3, 0.4) is 0 Å². The topological polar surface area (TPSA) is 119 Å². The van der Waals surface area contributed by atoms with Crippen molar-refractivity contribution in [2.24, 2.45) is 14.1 Å². The molecule has 4 rings (SSSR count). The average Bonchev–Trinajstić information content (AvgIpc) is 2.90. The van der Waals surface area contributed by atoms with Crippen LogP contribution in [-0.4, -0.2) is 30.0 Å². The van der Waals surface area contributed by atoms with Crippen molar-refractivity contribution in [3.63, 3.8) is 0 Å². The van der Waals surface area contributed by atoms with E-state index in [1.165, 1.54) is 48.9 Å². The molecule has 2 N–H and O–H groups in total. The quantitative estimate of drug-likeness (QED) is 0.451. The summed E-state index contributed by atoms with van der Waals surface area (Å²) < 4.78 is 31.4. The lowest BCUT2D eigenvalue weighted by Crippen LogP contribution is -2.41. The molecular formula is C26H30N4O5S. The van der Waals surface area contributed by atoms with Crippen LogP contribution in [0.25, 0.3) is 10.9 Å². The standard InChI is InChI=1S/C26H30N4O5S/c1-29-22-14-13-20(17-21(22)25(32)30(2)26(29)33)36(34,35)28-23(19-11-7-4-8-12-19)24(31)27-16-15-18-9-5-3-6-10-18/h4,7-9,11-14,17,23,28H,3,5-6,10,15-16H2,1-2H3,(H,27,31). The molecule has 1 amide bonds. The Kier molecular flexibility index (Phi) is 7.56. The van der Waals surface area contributed by atoms with E-state index in [-0.39, 0.29) is 10.3 Å². The molecule has 1 heterocycles. The highest BCUT2D eigenvalue weighted by molar-refractivity contribution is 7.89. The number of benzene rings is 2. The monoisotopic (exact) mass is 510 g/mol. The van der Waals surface area contributed by atoms with Gasteiger partial charge in [-0.2, -0.15) is 4.72 Å². The number of aryl methyl sites for hydroxylation is 1. The van der Waals surface area contributed by atoms with Gasteiger partial charge < -0.3 is 5.32 Å². The van der Waals surface area contributed by atoms with Crippen molar-refractivity contribution >= 4 is 26.8 Å². The van der Waals surface area contributed by atoms with Gasteiger partial charge in [0.2, 0.25) is 15.9 Å². The normalized spacial score (nSPS) is 14.9. The zero-order valence-electron chi connectivity index (χ0n) is 20.4. The largest absolute Gasteiger partial charge is 0.354 e. The minimum Gasteiger partial charge on any atom is -0.354 e. The first-order chi connectivity index (χ1) is 17.2. The highest BCUT2D eigenvalue weighted by Crippen LogP contribution is 2.22. The number of nitrogens with zero attached hydrogens (tertiary/aromatic N) is 2. The fraction of sp³-hybridized carbons (Fsp3) is 0.346. The lowest BCUT2D eigenvalue weighted by atomic mass is 9.97. The van der Waals surface area contributed by atoms with Crippen molar-refractivity contribution in [1.82, 2.24) is 19.2 Å². The van der Waals surface area contributed by atoms with Crippen molar-refractivity contribution in [2.45, 2.75) is 43.0 Å². The third-order valence-corrected chi connectivity index (χ3v) is 7.97. The van der Waals surface area contributed by atoms with Gasteiger partial charge in [-0.3, -0.25) is 18.7 Å². The van der Waals surface area contributed by atoms with E-state index in [4.69, 9.17) is 0 Å². The summed E-state index contributed by atoms with van der Waals surface area (Å²) in [7, 11) is -1.35. The number of carbonyl (C=O) groups excluding carboxylic acids is 1. The molecule has 9 nitrogen and oxygen atoms in total. The van der Waals surface area contributed by atoms with Gasteiger partial charge in [-0.05, 0) is 55.9 Å². The number of hydrogen-bond donors (Lipinski definition) is 2. The van der Waals surface area contributed by atoms with Gasteiger partial charge >= 0.3 is 5.69 Å². The molecule has 3 aromatic rings. The van der Waals surface area contributed by atoms with E-state index in [9.17, 15) is 22.8 Å². The molecule has 1 atom stereocenters. The highest BCUT2D eigenvalue weighted by atomic mass is 32.2.